The van der Waals surface area contributed by atoms with Gasteiger partial charge in [-0.1, -0.05) is 44.0 Å². The number of ketones is 1. The summed E-state index contributed by atoms with van der Waals surface area (Å²) in [4.78, 5) is 15.0. The maximum Gasteiger partial charge on any atom is 0.140 e. The van der Waals surface area contributed by atoms with Crippen molar-refractivity contribution in [1.29, 1.82) is 0 Å². The highest BCUT2D eigenvalue weighted by molar-refractivity contribution is 9.10. The number of nitrogens with zero attached hydrogens (tertiary/aromatic N) is 1. The quantitative estimate of drug-likeness (QED) is 0.620. The van der Waals surface area contributed by atoms with E-state index in [-0.39, 0.29) is 12.0 Å². The number of carbonyl (C=O) groups is 1. The topological polar surface area (TPSA) is 20.3 Å². The Morgan fingerprint density at radius 1 is 0.870 bits per heavy atom. The van der Waals surface area contributed by atoms with Crippen LogP contribution in [0.4, 0.5) is 5.69 Å². The molecule has 1 aliphatic carbocycles. The fraction of sp³-hybridized carbons (Fsp3) is 0.316. The van der Waals surface area contributed by atoms with Gasteiger partial charge in [0, 0.05) is 33.0 Å². The molecular weight excluding hydrogens is 418 g/mol. The molecule has 2 aromatic rings. The molecule has 0 aromatic heterocycles. The smallest absolute Gasteiger partial charge is 0.140 e. The molecule has 0 spiro atoms. The summed E-state index contributed by atoms with van der Waals surface area (Å²) < 4.78 is 2.16. The van der Waals surface area contributed by atoms with Crippen molar-refractivity contribution < 1.29 is 4.79 Å². The van der Waals surface area contributed by atoms with E-state index in [1.165, 1.54) is 11.3 Å². The Morgan fingerprint density at radius 3 is 2.09 bits per heavy atom. The molecule has 1 saturated carbocycles. The fourth-order valence-corrected chi connectivity index (χ4v) is 4.58. The highest BCUT2D eigenvalue weighted by Gasteiger charge is 2.47. The molecule has 0 amide bonds. The fourth-order valence-electron chi connectivity index (χ4n) is 4.05. The summed E-state index contributed by atoms with van der Waals surface area (Å²) in [6.45, 7) is 0. The number of anilines is 1. The molecule has 0 N–H and O–H groups in total. The van der Waals surface area contributed by atoms with Crippen LogP contribution in [0.15, 0.2) is 57.5 Å². The van der Waals surface area contributed by atoms with Crippen LogP contribution < -0.4 is 4.90 Å². The van der Waals surface area contributed by atoms with Gasteiger partial charge in [0.1, 0.15) is 5.78 Å². The SMILES string of the molecule is O=C1C[C@@H]2CC[C@H]1[C@H](c1ccc(Br)cc1)N2c1ccc(Br)cc1. The van der Waals surface area contributed by atoms with Crippen molar-refractivity contribution in [3.63, 3.8) is 0 Å². The summed E-state index contributed by atoms with van der Waals surface area (Å²) in [5, 5.41) is 0. The summed E-state index contributed by atoms with van der Waals surface area (Å²) in [7, 11) is 0. The van der Waals surface area contributed by atoms with Gasteiger partial charge in [-0.3, -0.25) is 4.79 Å². The molecule has 2 aliphatic heterocycles. The highest BCUT2D eigenvalue weighted by Crippen LogP contribution is 2.48. The van der Waals surface area contributed by atoms with Crippen LogP contribution in [-0.2, 0) is 4.79 Å². The zero-order valence-corrected chi connectivity index (χ0v) is 15.8. The van der Waals surface area contributed by atoms with E-state index in [2.05, 4.69) is 85.3 Å². The van der Waals surface area contributed by atoms with Gasteiger partial charge in [0.25, 0.3) is 0 Å². The van der Waals surface area contributed by atoms with E-state index in [1.807, 2.05) is 0 Å². The molecule has 2 bridgehead atoms. The molecular formula is C19H17Br2NO. The molecule has 3 aliphatic rings. The predicted molar refractivity (Wildman–Crippen MR) is 99.6 cm³/mol. The lowest BCUT2D eigenvalue weighted by atomic mass is 9.71. The van der Waals surface area contributed by atoms with Crippen LogP contribution in [0.25, 0.3) is 0 Å². The van der Waals surface area contributed by atoms with Crippen molar-refractivity contribution in [1.82, 2.24) is 0 Å². The number of carbonyl (C=O) groups excluding carboxylic acids is 1. The number of hydrogen-bond donors (Lipinski definition) is 0. The Kier molecular flexibility index (Phi) is 4.06. The van der Waals surface area contributed by atoms with Gasteiger partial charge in [0.05, 0.1) is 6.04 Å². The predicted octanol–water partition coefficient (Wildman–Crippen LogP) is 5.51. The zero-order chi connectivity index (χ0) is 16.0. The lowest BCUT2D eigenvalue weighted by molar-refractivity contribution is -0.128. The first-order valence-electron chi connectivity index (χ1n) is 7.95. The Hall–Kier alpha value is -1.13. The van der Waals surface area contributed by atoms with Crippen LogP contribution in [-0.4, -0.2) is 11.8 Å². The minimum absolute atomic E-state index is 0.116. The average Bonchev–Trinajstić information content (AvgIpc) is 2.56. The third kappa shape index (κ3) is 2.76. The molecule has 3 atom stereocenters. The van der Waals surface area contributed by atoms with Gasteiger partial charge in [-0.25, -0.2) is 0 Å². The summed E-state index contributed by atoms with van der Waals surface area (Å²) >= 11 is 7.01. The Balaban J connectivity index is 1.79. The normalized spacial score (nSPS) is 26.6. The second-order valence-corrected chi connectivity index (χ2v) is 8.22. The average molecular weight is 435 g/mol. The number of rotatable bonds is 2. The first-order chi connectivity index (χ1) is 11.1. The van der Waals surface area contributed by atoms with Gasteiger partial charge < -0.3 is 4.90 Å². The summed E-state index contributed by atoms with van der Waals surface area (Å²) in [6.07, 6.45) is 2.81. The van der Waals surface area contributed by atoms with Crippen LogP contribution in [0.1, 0.15) is 30.9 Å². The van der Waals surface area contributed by atoms with Gasteiger partial charge in [-0.15, -0.1) is 0 Å². The van der Waals surface area contributed by atoms with Crippen LogP contribution in [0.3, 0.4) is 0 Å². The first kappa shape index (κ1) is 15.4. The lowest BCUT2D eigenvalue weighted by Crippen LogP contribution is -2.54. The minimum Gasteiger partial charge on any atom is -0.360 e. The molecule has 3 fully saturated rings. The van der Waals surface area contributed by atoms with Crippen molar-refractivity contribution in [2.24, 2.45) is 5.92 Å². The van der Waals surface area contributed by atoms with E-state index >= 15 is 0 Å². The number of piperidine rings is 2. The number of halogens is 2. The third-order valence-corrected chi connectivity index (χ3v) is 6.13. The molecule has 0 unspecified atom stereocenters. The van der Waals surface area contributed by atoms with Gasteiger partial charge in [0.15, 0.2) is 0 Å². The lowest BCUT2D eigenvalue weighted by Gasteiger charge is -2.52. The second-order valence-electron chi connectivity index (χ2n) is 6.39. The van der Waals surface area contributed by atoms with E-state index in [9.17, 15) is 4.79 Å². The maximum atomic E-state index is 12.5. The summed E-state index contributed by atoms with van der Waals surface area (Å²) in [5.74, 6) is 0.548. The molecule has 118 valence electrons. The largest absolute Gasteiger partial charge is 0.360 e. The van der Waals surface area contributed by atoms with Crippen molar-refractivity contribution in [3.8, 4) is 0 Å². The van der Waals surface area contributed by atoms with Gasteiger partial charge in [0.2, 0.25) is 0 Å². The van der Waals surface area contributed by atoms with Crippen molar-refractivity contribution in [2.45, 2.75) is 31.3 Å². The molecule has 2 nitrogen and oxygen atoms in total. The summed E-state index contributed by atoms with van der Waals surface area (Å²) in [6, 6.07) is 17.4. The molecule has 0 radical (unpaired) electrons. The number of fused-ring (bicyclic) bond motifs is 3. The van der Waals surface area contributed by atoms with E-state index < -0.39 is 0 Å². The van der Waals surface area contributed by atoms with Crippen molar-refractivity contribution >= 4 is 43.3 Å². The molecule has 4 heteroatoms. The van der Waals surface area contributed by atoms with Gasteiger partial charge >= 0.3 is 0 Å². The van der Waals surface area contributed by atoms with Crippen LogP contribution in [0.2, 0.25) is 0 Å². The van der Waals surface area contributed by atoms with Gasteiger partial charge in [-0.2, -0.15) is 0 Å². The van der Waals surface area contributed by atoms with Crippen LogP contribution in [0, 0.1) is 5.92 Å². The molecule has 2 heterocycles. The molecule has 2 aromatic carbocycles. The highest BCUT2D eigenvalue weighted by atomic mass is 79.9. The van der Waals surface area contributed by atoms with Gasteiger partial charge in [-0.05, 0) is 54.8 Å². The zero-order valence-electron chi connectivity index (χ0n) is 12.6. The monoisotopic (exact) mass is 433 g/mol. The van der Waals surface area contributed by atoms with E-state index in [0.717, 1.165) is 21.8 Å². The van der Waals surface area contributed by atoms with E-state index in [0.29, 0.717) is 18.2 Å². The second kappa shape index (κ2) is 6.06. The molecule has 2 saturated heterocycles. The number of benzene rings is 2. The van der Waals surface area contributed by atoms with Crippen LogP contribution >= 0.6 is 31.9 Å². The van der Waals surface area contributed by atoms with Crippen molar-refractivity contribution in [2.75, 3.05) is 4.90 Å². The first-order valence-corrected chi connectivity index (χ1v) is 9.54. The standard InChI is InChI=1S/C19H17Br2NO/c20-13-3-1-12(2-4-13)19-17-10-9-16(11-18(17)23)22(19)15-7-5-14(21)6-8-15/h1-8,16-17,19H,9-11H2/t16-,17+,19-/m0/s1. The Bertz CT molecular complexity index is 726. The van der Waals surface area contributed by atoms with E-state index in [4.69, 9.17) is 0 Å². The Labute approximate surface area is 153 Å². The minimum atomic E-state index is 0.116. The summed E-state index contributed by atoms with van der Waals surface area (Å²) in [5.41, 5.74) is 2.45. The van der Waals surface area contributed by atoms with Crippen LogP contribution in [0.5, 0.6) is 0 Å². The molecule has 23 heavy (non-hydrogen) atoms. The Morgan fingerprint density at radius 2 is 1.48 bits per heavy atom. The maximum absolute atomic E-state index is 12.5. The number of hydrogen-bond acceptors (Lipinski definition) is 2. The number of Topliss-reactive ketones (excluding diaryl/α,β-unsaturated/α-hetero) is 1. The molecule has 5 rings (SSSR count). The third-order valence-electron chi connectivity index (χ3n) is 5.07. The van der Waals surface area contributed by atoms with Crippen molar-refractivity contribution in [3.05, 3.63) is 63.0 Å². The van der Waals surface area contributed by atoms with E-state index in [1.54, 1.807) is 0 Å².